The number of H-pyrrole nitrogens is 1. The molecule has 30 heavy (non-hydrogen) atoms. The average Bonchev–Trinajstić information content (AvgIpc) is 3.04. The molecule has 0 radical (unpaired) electrons. The van der Waals surface area contributed by atoms with Crippen molar-refractivity contribution in [2.45, 2.75) is 12.6 Å². The van der Waals surface area contributed by atoms with E-state index >= 15 is 0 Å². The van der Waals surface area contributed by atoms with Gasteiger partial charge in [-0.2, -0.15) is 0 Å². The highest BCUT2D eigenvalue weighted by Gasteiger charge is 2.45. The molecular formula is C24H20N2O4. The number of nitrogens with one attached hydrogen (secondary N) is 1. The monoisotopic (exact) mass is 400 g/mol. The van der Waals surface area contributed by atoms with Gasteiger partial charge in [-0.05, 0) is 17.7 Å². The molecule has 6 nitrogen and oxygen atoms in total. The molecule has 0 aliphatic carbocycles. The normalized spacial score (nSPS) is 17.9. The van der Waals surface area contributed by atoms with Crippen molar-refractivity contribution in [3.63, 3.8) is 0 Å². The lowest BCUT2D eigenvalue weighted by Crippen LogP contribution is -2.29. The molecule has 1 unspecified atom stereocenters. The maximum Gasteiger partial charge on any atom is 0.295 e. The lowest BCUT2D eigenvalue weighted by molar-refractivity contribution is -0.378. The number of ketones is 1. The van der Waals surface area contributed by atoms with Crippen molar-refractivity contribution in [3.8, 4) is 5.75 Å². The number of hydrogen-bond acceptors (Lipinski definition) is 4. The first-order chi connectivity index (χ1) is 14.6. The van der Waals surface area contributed by atoms with Crippen molar-refractivity contribution in [2.75, 3.05) is 7.11 Å². The topological polar surface area (TPSA) is 83.8 Å². The molecule has 1 aliphatic heterocycles. The van der Waals surface area contributed by atoms with Crippen molar-refractivity contribution in [1.82, 2.24) is 4.90 Å². The fourth-order valence-electron chi connectivity index (χ4n) is 3.72. The molecule has 1 amide bonds. The third-order valence-electron chi connectivity index (χ3n) is 5.12. The number of aromatic amines is 1. The molecular weight excluding hydrogens is 380 g/mol. The van der Waals surface area contributed by atoms with Gasteiger partial charge in [-0.25, -0.2) is 4.98 Å². The number of benzene rings is 2. The minimum absolute atomic E-state index is 0.0596. The Labute approximate surface area is 174 Å². The number of Topliss-reactive ketones (excluding diaryl/α,β-unsaturated/α-hetero) is 1. The first-order valence-electron chi connectivity index (χ1n) is 9.51. The Hall–Kier alpha value is -3.93. The van der Waals surface area contributed by atoms with E-state index < -0.39 is 23.5 Å². The number of methoxy groups -OCH3 is 1. The molecule has 6 heteroatoms. The number of ether oxygens (including phenoxy) is 1. The maximum atomic E-state index is 13.3. The number of nitrogens with zero attached hydrogens (tertiary/aromatic N) is 1. The van der Waals surface area contributed by atoms with Crippen LogP contribution in [-0.2, 0) is 16.1 Å². The number of pyridine rings is 1. The van der Waals surface area contributed by atoms with Crippen LogP contribution in [0, 0.1) is 0 Å². The first kappa shape index (κ1) is 19.4. The summed E-state index contributed by atoms with van der Waals surface area (Å²) in [5, 5.41) is 13.3. The highest BCUT2D eigenvalue weighted by Crippen LogP contribution is 2.42. The second kappa shape index (κ2) is 8.21. The Kier molecular flexibility index (Phi) is 5.30. The summed E-state index contributed by atoms with van der Waals surface area (Å²) in [4.78, 5) is 30.4. The predicted octanol–water partition coefficient (Wildman–Crippen LogP) is 1.93. The summed E-state index contributed by atoms with van der Waals surface area (Å²) in [7, 11) is 1.52. The minimum Gasteiger partial charge on any atom is -0.872 e. The number of carbonyl (C=O) groups excluding carboxylic acids is 2. The molecule has 1 N–H and O–H groups in total. The van der Waals surface area contributed by atoms with Crippen LogP contribution in [-0.4, -0.2) is 23.7 Å². The predicted molar refractivity (Wildman–Crippen MR) is 108 cm³/mol. The van der Waals surface area contributed by atoms with Gasteiger partial charge in [0.2, 0.25) is 5.78 Å². The largest absolute Gasteiger partial charge is 0.872 e. The van der Waals surface area contributed by atoms with E-state index in [9.17, 15) is 14.7 Å². The van der Waals surface area contributed by atoms with Gasteiger partial charge in [0.1, 0.15) is 5.75 Å². The van der Waals surface area contributed by atoms with E-state index in [1.54, 1.807) is 67.0 Å². The average molecular weight is 400 g/mol. The van der Waals surface area contributed by atoms with Crippen LogP contribution in [0.2, 0.25) is 0 Å². The number of para-hydroxylation sites is 1. The van der Waals surface area contributed by atoms with E-state index in [2.05, 4.69) is 4.98 Å². The van der Waals surface area contributed by atoms with Crippen molar-refractivity contribution in [1.29, 1.82) is 0 Å². The summed E-state index contributed by atoms with van der Waals surface area (Å²) in [5.74, 6) is -1.42. The molecule has 150 valence electrons. The lowest BCUT2D eigenvalue weighted by Gasteiger charge is -2.28. The van der Waals surface area contributed by atoms with Gasteiger partial charge in [-0.15, -0.1) is 0 Å². The zero-order chi connectivity index (χ0) is 21.1. The molecule has 2 aromatic carbocycles. The van der Waals surface area contributed by atoms with E-state index in [4.69, 9.17) is 4.74 Å². The van der Waals surface area contributed by atoms with Crippen LogP contribution in [0.3, 0.4) is 0 Å². The molecule has 4 rings (SSSR count). The van der Waals surface area contributed by atoms with Gasteiger partial charge in [0.15, 0.2) is 12.4 Å². The van der Waals surface area contributed by atoms with Gasteiger partial charge in [0, 0.05) is 22.8 Å². The van der Waals surface area contributed by atoms with Crippen LogP contribution < -0.4 is 14.8 Å². The molecule has 1 aromatic heterocycles. The van der Waals surface area contributed by atoms with Crippen LogP contribution in [0.15, 0.2) is 84.7 Å². The Bertz CT molecular complexity index is 1110. The van der Waals surface area contributed by atoms with E-state index in [-0.39, 0.29) is 12.1 Å². The summed E-state index contributed by atoms with van der Waals surface area (Å²) in [5.41, 5.74) is 1.71. The summed E-state index contributed by atoms with van der Waals surface area (Å²) in [6.45, 7) is 0.177. The van der Waals surface area contributed by atoms with Gasteiger partial charge < -0.3 is 14.7 Å². The van der Waals surface area contributed by atoms with Crippen LogP contribution in [0.1, 0.15) is 22.7 Å². The Morgan fingerprint density at radius 3 is 2.47 bits per heavy atom. The fourth-order valence-corrected chi connectivity index (χ4v) is 3.72. The zero-order valence-corrected chi connectivity index (χ0v) is 16.4. The fraction of sp³-hybridized carbons (Fsp3) is 0.125. The van der Waals surface area contributed by atoms with Crippen molar-refractivity contribution in [3.05, 3.63) is 101 Å². The molecule has 1 saturated heterocycles. The number of aromatic nitrogens is 1. The number of likely N-dealkylation sites (tertiary alicyclic amines) is 1. The standard InChI is InChI=1S/C24H20N2O4/c1-30-19-12-6-5-11-18(19)21-20(22(27)17-9-3-2-4-10-17)23(28)24(29)26(21)15-16-8-7-13-25-14-16/h2-14,21,27H,15H2,1H3/b22-20+. The maximum absolute atomic E-state index is 13.3. The van der Waals surface area contributed by atoms with Gasteiger partial charge in [0.25, 0.3) is 5.91 Å². The zero-order valence-electron chi connectivity index (χ0n) is 16.4. The Morgan fingerprint density at radius 2 is 1.77 bits per heavy atom. The SMILES string of the molecule is COc1ccccc1C1/C(=C(\[O-])c2ccccc2)C(=O)C(=O)N1Cc1ccc[nH+]c1. The van der Waals surface area contributed by atoms with E-state index in [0.717, 1.165) is 5.56 Å². The smallest absolute Gasteiger partial charge is 0.295 e. The van der Waals surface area contributed by atoms with Crippen LogP contribution in [0.4, 0.5) is 0 Å². The number of amides is 1. The van der Waals surface area contributed by atoms with E-state index in [0.29, 0.717) is 16.9 Å². The molecule has 3 aromatic rings. The van der Waals surface area contributed by atoms with Crippen molar-refractivity contribution in [2.24, 2.45) is 0 Å². The minimum atomic E-state index is -0.839. The van der Waals surface area contributed by atoms with Crippen molar-refractivity contribution < 1.29 is 24.4 Å². The van der Waals surface area contributed by atoms with Crippen molar-refractivity contribution >= 4 is 17.4 Å². The van der Waals surface area contributed by atoms with Gasteiger partial charge in [0.05, 0.1) is 19.7 Å². The summed E-state index contributed by atoms with van der Waals surface area (Å²) >= 11 is 0. The second-order valence-corrected chi connectivity index (χ2v) is 6.93. The lowest BCUT2D eigenvalue weighted by atomic mass is 9.94. The van der Waals surface area contributed by atoms with E-state index in [1.165, 1.54) is 12.0 Å². The Morgan fingerprint density at radius 1 is 1.03 bits per heavy atom. The summed E-state index contributed by atoms with van der Waals surface area (Å²) < 4.78 is 5.48. The summed E-state index contributed by atoms with van der Waals surface area (Å²) in [6, 6.07) is 18.5. The highest BCUT2D eigenvalue weighted by molar-refractivity contribution is 6.46. The van der Waals surface area contributed by atoms with Gasteiger partial charge in [-0.3, -0.25) is 9.59 Å². The summed E-state index contributed by atoms with van der Waals surface area (Å²) in [6.07, 6.45) is 3.52. The van der Waals surface area contributed by atoms with Gasteiger partial charge in [-0.1, -0.05) is 54.3 Å². The number of carbonyl (C=O) groups is 2. The molecule has 0 saturated carbocycles. The molecule has 0 bridgehead atoms. The quantitative estimate of drug-likeness (QED) is 0.372. The van der Waals surface area contributed by atoms with Crippen LogP contribution in [0.25, 0.3) is 5.76 Å². The van der Waals surface area contributed by atoms with Crippen LogP contribution in [0.5, 0.6) is 5.75 Å². The number of hydrogen-bond donors (Lipinski definition) is 0. The molecule has 1 aliphatic rings. The third-order valence-corrected chi connectivity index (χ3v) is 5.12. The highest BCUT2D eigenvalue weighted by atomic mass is 16.5. The molecule has 2 heterocycles. The Balaban J connectivity index is 1.90. The second-order valence-electron chi connectivity index (χ2n) is 6.93. The third kappa shape index (κ3) is 3.43. The molecule has 0 spiro atoms. The number of rotatable bonds is 5. The first-order valence-corrected chi connectivity index (χ1v) is 9.51. The van der Waals surface area contributed by atoms with Crippen LogP contribution >= 0.6 is 0 Å². The molecule has 1 fully saturated rings. The van der Waals surface area contributed by atoms with Gasteiger partial charge >= 0.3 is 0 Å². The van der Waals surface area contributed by atoms with E-state index in [1.807, 2.05) is 12.1 Å². The molecule has 1 atom stereocenters.